The molecule has 1 aliphatic rings. The monoisotopic (exact) mass is 386 g/mol. The van der Waals surface area contributed by atoms with Crippen LogP contribution in [-0.4, -0.2) is 38.1 Å². The molecule has 1 heterocycles. The Bertz CT molecular complexity index is 946. The fraction of sp³-hybridized carbons (Fsp3) is 0.300. The van der Waals surface area contributed by atoms with Crippen LogP contribution in [0.25, 0.3) is 0 Å². The molecule has 0 aromatic heterocycles. The molecule has 1 N–H and O–H groups in total. The first-order valence-corrected chi connectivity index (χ1v) is 10.3. The highest BCUT2D eigenvalue weighted by Gasteiger charge is 2.18. The average molecular weight is 386 g/mol. The third-order valence-corrected chi connectivity index (χ3v) is 5.95. The zero-order valence-corrected chi connectivity index (χ0v) is 16.0. The lowest BCUT2D eigenvalue weighted by Gasteiger charge is -2.15. The quantitative estimate of drug-likeness (QED) is 0.774. The van der Waals surface area contributed by atoms with Gasteiger partial charge in [0, 0.05) is 24.3 Å². The summed E-state index contributed by atoms with van der Waals surface area (Å²) in [5.74, 6) is -0.0963. The molecule has 1 saturated heterocycles. The van der Waals surface area contributed by atoms with Crippen LogP contribution in [0.5, 0.6) is 0 Å². The molecule has 6 nitrogen and oxygen atoms in total. The second-order valence-corrected chi connectivity index (χ2v) is 8.33. The van der Waals surface area contributed by atoms with Gasteiger partial charge in [0.2, 0.25) is 5.91 Å². The Kier molecular flexibility index (Phi) is 5.60. The van der Waals surface area contributed by atoms with Gasteiger partial charge in [0.15, 0.2) is 5.78 Å². The Hall–Kier alpha value is -2.67. The lowest BCUT2D eigenvalue weighted by atomic mass is 10.1. The summed E-state index contributed by atoms with van der Waals surface area (Å²) < 4.78 is 27.6. The lowest BCUT2D eigenvalue weighted by molar-refractivity contribution is -0.129. The number of likely N-dealkylation sites (tertiary alicyclic amines) is 1. The van der Waals surface area contributed by atoms with Gasteiger partial charge in [-0.2, -0.15) is 0 Å². The van der Waals surface area contributed by atoms with Gasteiger partial charge in [0.05, 0.1) is 11.3 Å². The second-order valence-electron chi connectivity index (χ2n) is 6.65. The summed E-state index contributed by atoms with van der Waals surface area (Å²) in [7, 11) is -3.80. The van der Waals surface area contributed by atoms with Crippen LogP contribution in [0.4, 0.5) is 5.69 Å². The van der Waals surface area contributed by atoms with Gasteiger partial charge in [0.1, 0.15) is 0 Å². The maximum absolute atomic E-state index is 12.5. The molecule has 0 saturated carbocycles. The van der Waals surface area contributed by atoms with Gasteiger partial charge in [0.25, 0.3) is 10.0 Å². The van der Waals surface area contributed by atoms with E-state index >= 15 is 0 Å². The van der Waals surface area contributed by atoms with E-state index in [2.05, 4.69) is 4.72 Å². The van der Waals surface area contributed by atoms with E-state index in [4.69, 9.17) is 0 Å². The average Bonchev–Trinajstić information content (AvgIpc) is 3.18. The minimum Gasteiger partial charge on any atom is -0.342 e. The predicted octanol–water partition coefficient (Wildman–Crippen LogP) is 2.85. The molecule has 7 heteroatoms. The molecule has 1 amide bonds. The zero-order valence-electron chi connectivity index (χ0n) is 15.1. The molecule has 1 aliphatic heterocycles. The largest absolute Gasteiger partial charge is 0.342 e. The highest BCUT2D eigenvalue weighted by molar-refractivity contribution is 7.92. The molecule has 0 aliphatic carbocycles. The van der Waals surface area contributed by atoms with Crippen molar-refractivity contribution < 1.29 is 18.0 Å². The van der Waals surface area contributed by atoms with Gasteiger partial charge in [-0.05, 0) is 49.6 Å². The normalized spacial score (nSPS) is 14.2. The van der Waals surface area contributed by atoms with Crippen LogP contribution in [0.15, 0.2) is 53.4 Å². The van der Waals surface area contributed by atoms with Gasteiger partial charge in [-0.1, -0.05) is 24.3 Å². The Labute approximate surface area is 159 Å². The number of Topliss-reactive ketones (excluding diaryl/α,β-unsaturated/α-hetero) is 1. The predicted molar refractivity (Wildman–Crippen MR) is 103 cm³/mol. The molecule has 0 spiro atoms. The van der Waals surface area contributed by atoms with E-state index in [-0.39, 0.29) is 16.6 Å². The van der Waals surface area contributed by atoms with Crippen molar-refractivity contribution >= 4 is 27.4 Å². The summed E-state index contributed by atoms with van der Waals surface area (Å²) in [5, 5.41) is 0. The molecule has 142 valence electrons. The third kappa shape index (κ3) is 4.74. The fourth-order valence-corrected chi connectivity index (χ4v) is 4.14. The van der Waals surface area contributed by atoms with Crippen LogP contribution in [-0.2, 0) is 21.2 Å². The molecule has 2 aromatic rings. The molecule has 1 fully saturated rings. The van der Waals surface area contributed by atoms with Crippen LogP contribution in [0, 0.1) is 0 Å². The van der Waals surface area contributed by atoms with Crippen molar-refractivity contribution in [1.82, 2.24) is 4.90 Å². The topological polar surface area (TPSA) is 83.5 Å². The van der Waals surface area contributed by atoms with E-state index in [1.165, 1.54) is 19.1 Å². The van der Waals surface area contributed by atoms with E-state index in [0.29, 0.717) is 17.7 Å². The summed E-state index contributed by atoms with van der Waals surface area (Å²) in [4.78, 5) is 25.5. The first-order chi connectivity index (χ1) is 12.8. The van der Waals surface area contributed by atoms with Crippen molar-refractivity contribution in [3.05, 3.63) is 59.7 Å². The number of nitrogens with zero attached hydrogens (tertiary/aromatic N) is 1. The van der Waals surface area contributed by atoms with Crippen molar-refractivity contribution in [3.8, 4) is 0 Å². The number of sulfonamides is 1. The molecular weight excluding hydrogens is 364 g/mol. The van der Waals surface area contributed by atoms with Crippen molar-refractivity contribution in [2.75, 3.05) is 17.8 Å². The number of rotatable bonds is 6. The minimum atomic E-state index is -3.80. The van der Waals surface area contributed by atoms with Gasteiger partial charge in [-0.15, -0.1) is 0 Å². The Balaban J connectivity index is 1.69. The smallest absolute Gasteiger partial charge is 0.261 e. The van der Waals surface area contributed by atoms with Crippen molar-refractivity contribution in [2.24, 2.45) is 0 Å². The van der Waals surface area contributed by atoms with E-state index in [9.17, 15) is 18.0 Å². The Morgan fingerprint density at radius 3 is 2.33 bits per heavy atom. The van der Waals surface area contributed by atoms with E-state index in [0.717, 1.165) is 31.5 Å². The van der Waals surface area contributed by atoms with Gasteiger partial charge >= 0.3 is 0 Å². The molecule has 0 unspecified atom stereocenters. The first-order valence-electron chi connectivity index (χ1n) is 8.86. The molecule has 0 atom stereocenters. The van der Waals surface area contributed by atoms with Crippen molar-refractivity contribution in [1.29, 1.82) is 0 Å². The third-order valence-electron chi connectivity index (χ3n) is 4.57. The van der Waals surface area contributed by atoms with E-state index in [1.54, 1.807) is 36.4 Å². The summed E-state index contributed by atoms with van der Waals surface area (Å²) in [5.41, 5.74) is 1.59. The maximum atomic E-state index is 12.5. The summed E-state index contributed by atoms with van der Waals surface area (Å²) in [6.45, 7) is 3.02. The summed E-state index contributed by atoms with van der Waals surface area (Å²) >= 11 is 0. The van der Waals surface area contributed by atoms with Gasteiger partial charge < -0.3 is 4.90 Å². The van der Waals surface area contributed by atoms with Crippen molar-refractivity contribution in [2.45, 2.75) is 31.1 Å². The number of anilines is 1. The molecular formula is C20H22N2O4S. The van der Waals surface area contributed by atoms with Crippen LogP contribution in [0.2, 0.25) is 0 Å². The standard InChI is InChI=1S/C20H22N2O4S/c1-15(23)17-5-4-6-19(14-17)27(25,26)21-18-9-7-16(8-10-18)13-20(24)22-11-2-3-12-22/h4-10,14,21H,2-3,11-13H2,1H3. The number of amides is 1. The molecule has 2 aromatic carbocycles. The van der Waals surface area contributed by atoms with Crippen molar-refractivity contribution in [3.63, 3.8) is 0 Å². The number of hydrogen-bond donors (Lipinski definition) is 1. The van der Waals surface area contributed by atoms with E-state index < -0.39 is 10.0 Å². The van der Waals surface area contributed by atoms with Crippen LogP contribution < -0.4 is 4.72 Å². The molecule has 3 rings (SSSR count). The highest BCUT2D eigenvalue weighted by atomic mass is 32.2. The molecule has 27 heavy (non-hydrogen) atoms. The zero-order chi connectivity index (χ0) is 19.4. The lowest BCUT2D eigenvalue weighted by Crippen LogP contribution is -2.29. The molecule has 0 radical (unpaired) electrons. The number of nitrogens with one attached hydrogen (secondary N) is 1. The number of carbonyl (C=O) groups excluding carboxylic acids is 2. The highest BCUT2D eigenvalue weighted by Crippen LogP contribution is 2.19. The van der Waals surface area contributed by atoms with Crippen LogP contribution in [0.1, 0.15) is 35.7 Å². The Morgan fingerprint density at radius 2 is 1.70 bits per heavy atom. The van der Waals surface area contributed by atoms with E-state index in [1.807, 2.05) is 4.90 Å². The second kappa shape index (κ2) is 7.92. The van der Waals surface area contributed by atoms with Gasteiger partial charge in [-0.3, -0.25) is 14.3 Å². The minimum absolute atomic E-state index is 0.0310. The SMILES string of the molecule is CC(=O)c1cccc(S(=O)(=O)Nc2ccc(CC(=O)N3CCCC3)cc2)c1. The fourth-order valence-electron chi connectivity index (χ4n) is 3.04. The summed E-state index contributed by atoms with van der Waals surface area (Å²) in [6.07, 6.45) is 2.42. The van der Waals surface area contributed by atoms with Gasteiger partial charge in [-0.25, -0.2) is 8.42 Å². The van der Waals surface area contributed by atoms with Crippen LogP contribution in [0.3, 0.4) is 0 Å². The summed E-state index contributed by atoms with van der Waals surface area (Å²) in [6, 6.07) is 12.7. The number of hydrogen-bond acceptors (Lipinski definition) is 4. The maximum Gasteiger partial charge on any atom is 0.261 e. The number of ketones is 1. The first kappa shape index (κ1) is 19.1. The number of carbonyl (C=O) groups is 2. The Morgan fingerprint density at radius 1 is 1.04 bits per heavy atom. The van der Waals surface area contributed by atoms with Crippen LogP contribution >= 0.6 is 0 Å². The number of benzene rings is 2. The molecule has 0 bridgehead atoms.